The molecule has 0 saturated carbocycles. The van der Waals surface area contributed by atoms with Crippen molar-refractivity contribution in [2.45, 2.75) is 26.2 Å². The molecule has 2 aromatic carbocycles. The summed E-state index contributed by atoms with van der Waals surface area (Å²) in [5, 5.41) is 0. The van der Waals surface area contributed by atoms with Crippen molar-refractivity contribution in [3.05, 3.63) is 47.5 Å². The summed E-state index contributed by atoms with van der Waals surface area (Å²) in [5.74, 6) is 3.88. The summed E-state index contributed by atoms with van der Waals surface area (Å²) in [5.41, 5.74) is 2.25. The van der Waals surface area contributed by atoms with Gasteiger partial charge in [0.15, 0.2) is 0 Å². The lowest BCUT2D eigenvalue weighted by Crippen LogP contribution is -2.09. The minimum Gasteiger partial charge on any atom is -0.497 e. The molecular formula is C21H28O4. The van der Waals surface area contributed by atoms with E-state index in [4.69, 9.17) is 18.9 Å². The van der Waals surface area contributed by atoms with Crippen molar-refractivity contribution in [1.82, 2.24) is 0 Å². The van der Waals surface area contributed by atoms with Crippen LogP contribution in [0.25, 0.3) is 0 Å². The monoisotopic (exact) mass is 344 g/mol. The van der Waals surface area contributed by atoms with E-state index in [1.165, 1.54) is 0 Å². The molecule has 0 fully saturated rings. The largest absolute Gasteiger partial charge is 0.497 e. The average molecular weight is 344 g/mol. The molecule has 0 aliphatic heterocycles. The lowest BCUT2D eigenvalue weighted by Gasteiger charge is -2.24. The molecule has 0 aliphatic rings. The van der Waals surface area contributed by atoms with Gasteiger partial charge in [0.1, 0.15) is 23.0 Å². The highest BCUT2D eigenvalue weighted by molar-refractivity contribution is 5.51. The molecular weight excluding hydrogens is 316 g/mol. The maximum atomic E-state index is 5.64. The van der Waals surface area contributed by atoms with Crippen molar-refractivity contribution in [3.63, 3.8) is 0 Å². The summed E-state index contributed by atoms with van der Waals surface area (Å²) < 4.78 is 22.0. The lowest BCUT2D eigenvalue weighted by molar-refractivity contribution is 0.379. The molecule has 0 unspecified atom stereocenters. The van der Waals surface area contributed by atoms with Gasteiger partial charge in [-0.3, -0.25) is 0 Å². The summed E-state index contributed by atoms with van der Waals surface area (Å²) in [6.45, 7) is 4.44. The summed E-state index contributed by atoms with van der Waals surface area (Å²) in [6, 6.07) is 12.0. The fourth-order valence-electron chi connectivity index (χ4n) is 3.11. The Bertz CT molecular complexity index is 639. The van der Waals surface area contributed by atoms with Crippen LogP contribution in [-0.2, 0) is 0 Å². The van der Waals surface area contributed by atoms with Crippen molar-refractivity contribution in [1.29, 1.82) is 0 Å². The number of hydrogen-bond donors (Lipinski definition) is 0. The second-order valence-electron chi connectivity index (χ2n) is 6.40. The number of methoxy groups -OCH3 is 4. The molecule has 4 nitrogen and oxygen atoms in total. The number of rotatable bonds is 8. The Balaban J connectivity index is 2.57. The van der Waals surface area contributed by atoms with Gasteiger partial charge >= 0.3 is 0 Å². The van der Waals surface area contributed by atoms with E-state index in [9.17, 15) is 0 Å². The van der Waals surface area contributed by atoms with E-state index in [-0.39, 0.29) is 5.92 Å². The first-order valence-electron chi connectivity index (χ1n) is 8.47. The normalized spacial score (nSPS) is 10.9. The molecule has 0 spiro atoms. The zero-order valence-corrected chi connectivity index (χ0v) is 16.0. The van der Waals surface area contributed by atoms with Gasteiger partial charge in [-0.15, -0.1) is 0 Å². The van der Waals surface area contributed by atoms with E-state index in [2.05, 4.69) is 26.0 Å². The number of benzene rings is 2. The van der Waals surface area contributed by atoms with Gasteiger partial charge in [0.25, 0.3) is 0 Å². The van der Waals surface area contributed by atoms with Crippen LogP contribution in [-0.4, -0.2) is 28.4 Å². The molecule has 0 amide bonds. The third-order valence-corrected chi connectivity index (χ3v) is 4.34. The Morgan fingerprint density at radius 1 is 0.680 bits per heavy atom. The van der Waals surface area contributed by atoms with E-state index in [0.717, 1.165) is 40.5 Å². The van der Waals surface area contributed by atoms with Crippen molar-refractivity contribution >= 4 is 0 Å². The average Bonchev–Trinajstić information content (AvgIpc) is 2.64. The van der Waals surface area contributed by atoms with Crippen LogP contribution < -0.4 is 18.9 Å². The first-order valence-corrected chi connectivity index (χ1v) is 8.47. The minimum absolute atomic E-state index is 0.154. The number of hydrogen-bond acceptors (Lipinski definition) is 4. The van der Waals surface area contributed by atoms with Gasteiger partial charge in [-0.1, -0.05) is 26.0 Å². The van der Waals surface area contributed by atoms with Crippen LogP contribution in [0.15, 0.2) is 36.4 Å². The van der Waals surface area contributed by atoms with Crippen LogP contribution in [0.4, 0.5) is 0 Å². The van der Waals surface area contributed by atoms with Crippen LogP contribution in [0.3, 0.4) is 0 Å². The summed E-state index contributed by atoms with van der Waals surface area (Å²) in [7, 11) is 6.70. The van der Waals surface area contributed by atoms with E-state index < -0.39 is 0 Å². The Hall–Kier alpha value is -2.36. The van der Waals surface area contributed by atoms with Gasteiger partial charge in [-0.05, 0) is 24.5 Å². The molecule has 25 heavy (non-hydrogen) atoms. The van der Waals surface area contributed by atoms with Gasteiger partial charge in [-0.25, -0.2) is 0 Å². The van der Waals surface area contributed by atoms with Gasteiger partial charge < -0.3 is 18.9 Å². The minimum atomic E-state index is 0.154. The molecule has 0 bridgehead atoms. The van der Waals surface area contributed by atoms with E-state index in [0.29, 0.717) is 5.92 Å². The molecule has 2 rings (SSSR count). The smallest absolute Gasteiger partial charge is 0.126 e. The maximum absolute atomic E-state index is 5.64. The third-order valence-electron chi connectivity index (χ3n) is 4.34. The Morgan fingerprint density at radius 2 is 1.12 bits per heavy atom. The summed E-state index contributed by atoms with van der Waals surface area (Å²) in [4.78, 5) is 0. The fraction of sp³-hybridized carbons (Fsp3) is 0.429. The summed E-state index contributed by atoms with van der Waals surface area (Å²) >= 11 is 0. The Labute approximate surface area is 150 Å². The molecule has 0 aliphatic carbocycles. The SMILES string of the molecule is COc1ccc(C(CC(C)C)c2ccc(OC)cc2OC)c(OC)c1. The fourth-order valence-corrected chi connectivity index (χ4v) is 3.11. The highest BCUT2D eigenvalue weighted by atomic mass is 16.5. The van der Waals surface area contributed by atoms with Crippen molar-refractivity contribution in [2.75, 3.05) is 28.4 Å². The van der Waals surface area contributed by atoms with Gasteiger partial charge in [0, 0.05) is 29.2 Å². The second kappa shape index (κ2) is 8.65. The molecule has 4 heteroatoms. The van der Waals surface area contributed by atoms with E-state index in [1.807, 2.05) is 24.3 Å². The van der Waals surface area contributed by atoms with Crippen LogP contribution in [0.2, 0.25) is 0 Å². The maximum Gasteiger partial charge on any atom is 0.126 e. The molecule has 0 atom stereocenters. The molecule has 2 aromatic rings. The highest BCUT2D eigenvalue weighted by Crippen LogP contribution is 2.42. The first kappa shape index (κ1) is 19.0. The molecule has 136 valence electrons. The van der Waals surface area contributed by atoms with Gasteiger partial charge in [0.05, 0.1) is 28.4 Å². The highest BCUT2D eigenvalue weighted by Gasteiger charge is 2.23. The molecule has 0 aromatic heterocycles. The van der Waals surface area contributed by atoms with E-state index >= 15 is 0 Å². The third kappa shape index (κ3) is 4.38. The van der Waals surface area contributed by atoms with Crippen molar-refractivity contribution in [3.8, 4) is 23.0 Å². The molecule has 0 saturated heterocycles. The Kier molecular flexibility index (Phi) is 6.57. The predicted molar refractivity (Wildman–Crippen MR) is 100 cm³/mol. The van der Waals surface area contributed by atoms with E-state index in [1.54, 1.807) is 28.4 Å². The van der Waals surface area contributed by atoms with Crippen LogP contribution in [0.1, 0.15) is 37.3 Å². The number of ether oxygens (including phenoxy) is 4. The molecule has 0 radical (unpaired) electrons. The first-order chi connectivity index (χ1) is 12.0. The molecule has 0 N–H and O–H groups in total. The lowest BCUT2D eigenvalue weighted by atomic mass is 9.83. The topological polar surface area (TPSA) is 36.9 Å². The quantitative estimate of drug-likeness (QED) is 0.682. The van der Waals surface area contributed by atoms with Crippen LogP contribution in [0, 0.1) is 5.92 Å². The zero-order valence-electron chi connectivity index (χ0n) is 16.0. The van der Waals surface area contributed by atoms with Crippen molar-refractivity contribution in [2.24, 2.45) is 5.92 Å². The van der Waals surface area contributed by atoms with Crippen LogP contribution in [0.5, 0.6) is 23.0 Å². The predicted octanol–water partition coefficient (Wildman–Crippen LogP) is 4.90. The summed E-state index contributed by atoms with van der Waals surface area (Å²) in [6.07, 6.45) is 0.978. The second-order valence-corrected chi connectivity index (χ2v) is 6.40. The van der Waals surface area contributed by atoms with Crippen LogP contribution >= 0.6 is 0 Å². The Morgan fingerprint density at radius 3 is 1.44 bits per heavy atom. The zero-order chi connectivity index (χ0) is 18.4. The van der Waals surface area contributed by atoms with Gasteiger partial charge in [0.2, 0.25) is 0 Å². The standard InChI is InChI=1S/C21H28O4/c1-14(2)11-19(17-9-7-15(22-3)12-20(17)24-5)18-10-8-16(23-4)13-21(18)25-6/h7-10,12-14,19H,11H2,1-6H3. The molecule has 0 heterocycles. The van der Waals surface area contributed by atoms with Crippen molar-refractivity contribution < 1.29 is 18.9 Å². The van der Waals surface area contributed by atoms with Gasteiger partial charge in [-0.2, -0.15) is 0 Å².